The Morgan fingerprint density at radius 1 is 1.53 bits per heavy atom. The fourth-order valence-electron chi connectivity index (χ4n) is 1.79. The van der Waals surface area contributed by atoms with Crippen LogP contribution in [0.25, 0.3) is 11.2 Å². The van der Waals surface area contributed by atoms with Crippen molar-refractivity contribution in [2.75, 3.05) is 14.2 Å². The second kappa shape index (κ2) is 5.83. The number of aromatic nitrogens is 4. The lowest BCUT2D eigenvalue weighted by Crippen LogP contribution is -2.20. The molecule has 0 aliphatic carbocycles. The number of nitrogens with zero attached hydrogens (tertiary/aromatic N) is 4. The van der Waals surface area contributed by atoms with Crippen LogP contribution in [0.1, 0.15) is 12.2 Å². The van der Waals surface area contributed by atoms with Crippen LogP contribution in [-0.2, 0) is 17.2 Å². The normalized spacial score (nSPS) is 10.7. The van der Waals surface area contributed by atoms with Crippen molar-refractivity contribution in [2.45, 2.75) is 18.8 Å². The Kier molecular flexibility index (Phi) is 4.16. The summed E-state index contributed by atoms with van der Waals surface area (Å²) in [6, 6.07) is 0. The molecule has 0 saturated heterocycles. The van der Waals surface area contributed by atoms with Crippen LogP contribution in [0, 0.1) is 0 Å². The van der Waals surface area contributed by atoms with Crippen molar-refractivity contribution in [3.8, 4) is 5.88 Å². The zero-order valence-corrected chi connectivity index (χ0v) is 11.4. The van der Waals surface area contributed by atoms with Gasteiger partial charge in [-0.25, -0.2) is 9.97 Å². The van der Waals surface area contributed by atoms with Crippen LogP contribution in [0.2, 0.25) is 0 Å². The van der Waals surface area contributed by atoms with Gasteiger partial charge in [-0.1, -0.05) is 0 Å². The third-order valence-corrected chi connectivity index (χ3v) is 2.97. The highest BCUT2D eigenvalue weighted by molar-refractivity contribution is 6.16. The number of alkyl halides is 1. The summed E-state index contributed by atoms with van der Waals surface area (Å²) in [5.41, 5.74) is 1.17. The van der Waals surface area contributed by atoms with Crippen LogP contribution in [-0.4, -0.2) is 39.6 Å². The number of carbonyl (C=O) groups excluding carboxylic acids is 1. The number of imidazole rings is 1. The highest BCUT2D eigenvalue weighted by atomic mass is 35.5. The van der Waals surface area contributed by atoms with Crippen molar-refractivity contribution in [1.29, 1.82) is 0 Å². The fraction of sp³-hybridized carbons (Fsp3) is 0.455. The Morgan fingerprint density at radius 3 is 2.95 bits per heavy atom. The van der Waals surface area contributed by atoms with Gasteiger partial charge in [0, 0.05) is 20.0 Å². The number of ether oxygens (including phenoxy) is 1. The maximum atomic E-state index is 11.3. The average molecular weight is 284 g/mol. The Hall–Kier alpha value is -1.89. The van der Waals surface area contributed by atoms with Gasteiger partial charge in [0.15, 0.2) is 11.2 Å². The molecule has 0 bridgehead atoms. The van der Waals surface area contributed by atoms with Crippen molar-refractivity contribution in [2.24, 2.45) is 0 Å². The van der Waals surface area contributed by atoms with E-state index in [-0.39, 0.29) is 11.8 Å². The van der Waals surface area contributed by atoms with Gasteiger partial charge in [-0.2, -0.15) is 4.98 Å². The van der Waals surface area contributed by atoms with E-state index in [4.69, 9.17) is 16.3 Å². The van der Waals surface area contributed by atoms with E-state index >= 15 is 0 Å². The molecule has 0 aliphatic rings. The lowest BCUT2D eigenvalue weighted by atomic mass is 10.4. The zero-order valence-electron chi connectivity index (χ0n) is 10.7. The monoisotopic (exact) mass is 283 g/mol. The zero-order chi connectivity index (χ0) is 13.8. The molecule has 1 N–H and O–H groups in total. The summed E-state index contributed by atoms with van der Waals surface area (Å²) < 4.78 is 6.95. The predicted octanol–water partition coefficient (Wildman–Crippen LogP) is 0.710. The number of methoxy groups -OCH3 is 1. The Labute approximate surface area is 115 Å². The Bertz CT molecular complexity index is 598. The van der Waals surface area contributed by atoms with E-state index in [0.29, 0.717) is 35.8 Å². The van der Waals surface area contributed by atoms with Gasteiger partial charge in [-0.15, -0.1) is 11.6 Å². The first-order valence-electron chi connectivity index (χ1n) is 5.72. The Morgan fingerprint density at radius 2 is 2.32 bits per heavy atom. The summed E-state index contributed by atoms with van der Waals surface area (Å²) in [6.07, 6.45) is 1.73. The largest absolute Gasteiger partial charge is 0.479 e. The molecule has 8 heteroatoms. The summed E-state index contributed by atoms with van der Waals surface area (Å²) in [5.74, 6) is 1.21. The number of carbonyl (C=O) groups is 1. The first kappa shape index (κ1) is 13.5. The number of rotatable bonds is 5. The minimum Gasteiger partial charge on any atom is -0.479 e. The number of fused-ring (bicyclic) bond motifs is 1. The lowest BCUT2D eigenvalue weighted by molar-refractivity contribution is -0.120. The van der Waals surface area contributed by atoms with Crippen LogP contribution in [0.4, 0.5) is 0 Å². The SMILES string of the molecule is CNC(=O)CCn1c(CCl)nc2c(OC)ncnc21. The van der Waals surface area contributed by atoms with E-state index in [1.54, 1.807) is 7.05 Å². The quantitative estimate of drug-likeness (QED) is 0.817. The first-order valence-corrected chi connectivity index (χ1v) is 6.25. The lowest BCUT2D eigenvalue weighted by Gasteiger charge is -2.06. The molecule has 7 nitrogen and oxygen atoms in total. The molecule has 0 spiro atoms. The van der Waals surface area contributed by atoms with Crippen LogP contribution in [0.15, 0.2) is 6.33 Å². The summed E-state index contributed by atoms with van der Waals surface area (Å²) in [5, 5.41) is 2.57. The second-order valence-corrected chi connectivity index (χ2v) is 4.06. The smallest absolute Gasteiger partial charge is 0.245 e. The first-order chi connectivity index (χ1) is 9.21. The van der Waals surface area contributed by atoms with E-state index in [2.05, 4.69) is 20.3 Å². The number of hydrogen-bond donors (Lipinski definition) is 1. The van der Waals surface area contributed by atoms with Crippen molar-refractivity contribution in [1.82, 2.24) is 24.8 Å². The number of hydrogen-bond acceptors (Lipinski definition) is 5. The van der Waals surface area contributed by atoms with Gasteiger partial charge in [-0.05, 0) is 0 Å². The summed E-state index contributed by atoms with van der Waals surface area (Å²) in [7, 11) is 3.12. The maximum absolute atomic E-state index is 11.3. The molecule has 19 heavy (non-hydrogen) atoms. The molecule has 0 fully saturated rings. The molecule has 2 heterocycles. The summed E-state index contributed by atoms with van der Waals surface area (Å²) >= 11 is 5.88. The predicted molar refractivity (Wildman–Crippen MR) is 70.1 cm³/mol. The van der Waals surface area contributed by atoms with Gasteiger partial charge < -0.3 is 14.6 Å². The van der Waals surface area contributed by atoms with Gasteiger partial charge >= 0.3 is 0 Å². The van der Waals surface area contributed by atoms with E-state index < -0.39 is 0 Å². The number of nitrogens with one attached hydrogen (secondary N) is 1. The van der Waals surface area contributed by atoms with Crippen LogP contribution in [0.3, 0.4) is 0 Å². The van der Waals surface area contributed by atoms with Gasteiger partial charge in [0.2, 0.25) is 11.8 Å². The maximum Gasteiger partial charge on any atom is 0.245 e. The standard InChI is InChI=1S/C11H14ClN5O2/c1-13-8(18)3-4-17-7(5-12)16-9-10(17)14-6-15-11(9)19-2/h6H,3-5H2,1-2H3,(H,13,18). The van der Waals surface area contributed by atoms with Gasteiger partial charge in [0.1, 0.15) is 12.2 Å². The molecular formula is C11H14ClN5O2. The van der Waals surface area contributed by atoms with E-state index in [1.165, 1.54) is 13.4 Å². The number of halogens is 1. The van der Waals surface area contributed by atoms with Crippen molar-refractivity contribution < 1.29 is 9.53 Å². The van der Waals surface area contributed by atoms with Gasteiger partial charge in [0.05, 0.1) is 13.0 Å². The molecule has 102 valence electrons. The van der Waals surface area contributed by atoms with E-state index in [9.17, 15) is 4.79 Å². The summed E-state index contributed by atoms with van der Waals surface area (Å²) in [4.78, 5) is 23.9. The minimum absolute atomic E-state index is 0.0524. The molecule has 2 aromatic rings. The van der Waals surface area contributed by atoms with E-state index in [1.807, 2.05) is 4.57 Å². The second-order valence-electron chi connectivity index (χ2n) is 3.79. The number of amides is 1. The minimum atomic E-state index is -0.0524. The number of aryl methyl sites for hydroxylation is 1. The highest BCUT2D eigenvalue weighted by Gasteiger charge is 2.16. The van der Waals surface area contributed by atoms with Gasteiger partial charge in [0.25, 0.3) is 0 Å². The third kappa shape index (κ3) is 2.60. The molecule has 0 aromatic carbocycles. The summed E-state index contributed by atoms with van der Waals surface area (Å²) in [6.45, 7) is 0.457. The topological polar surface area (TPSA) is 81.9 Å². The van der Waals surface area contributed by atoms with Crippen LogP contribution in [0.5, 0.6) is 5.88 Å². The average Bonchev–Trinajstić information content (AvgIpc) is 2.82. The third-order valence-electron chi connectivity index (χ3n) is 2.73. The molecule has 2 rings (SSSR count). The highest BCUT2D eigenvalue weighted by Crippen LogP contribution is 2.22. The molecule has 0 radical (unpaired) electrons. The molecule has 0 aliphatic heterocycles. The van der Waals surface area contributed by atoms with Crippen molar-refractivity contribution in [3.63, 3.8) is 0 Å². The molecule has 0 atom stereocenters. The molecule has 2 aromatic heterocycles. The van der Waals surface area contributed by atoms with Crippen molar-refractivity contribution >= 4 is 28.7 Å². The molecular weight excluding hydrogens is 270 g/mol. The Balaban J connectivity index is 2.43. The molecule has 1 amide bonds. The molecule has 0 unspecified atom stereocenters. The fourth-order valence-corrected chi connectivity index (χ4v) is 1.99. The van der Waals surface area contributed by atoms with Gasteiger partial charge in [-0.3, -0.25) is 4.79 Å². The molecule has 0 saturated carbocycles. The van der Waals surface area contributed by atoms with Crippen LogP contribution >= 0.6 is 11.6 Å². The van der Waals surface area contributed by atoms with Crippen molar-refractivity contribution in [3.05, 3.63) is 12.2 Å². The van der Waals surface area contributed by atoms with Crippen LogP contribution < -0.4 is 10.1 Å². The van der Waals surface area contributed by atoms with E-state index in [0.717, 1.165) is 0 Å².